The molecule has 0 radical (unpaired) electrons. The van der Waals surface area contributed by atoms with Crippen molar-refractivity contribution in [3.05, 3.63) is 0 Å². The van der Waals surface area contributed by atoms with Crippen LogP contribution < -0.4 is 0 Å². The minimum absolute atomic E-state index is 0.435. The highest BCUT2D eigenvalue weighted by Crippen LogP contribution is 2.22. The first-order chi connectivity index (χ1) is 6.49. The van der Waals surface area contributed by atoms with E-state index >= 15 is 0 Å². The van der Waals surface area contributed by atoms with E-state index in [2.05, 4.69) is 0 Å². The molecule has 0 aromatic carbocycles. The van der Waals surface area contributed by atoms with Crippen LogP contribution in [0.4, 0.5) is 0 Å². The molecular formula is C8H17NO5. The molecule has 14 heavy (non-hydrogen) atoms. The second-order valence-electron chi connectivity index (χ2n) is 3.68. The third kappa shape index (κ3) is 2.05. The molecule has 0 spiro atoms. The lowest BCUT2D eigenvalue weighted by Gasteiger charge is -2.42. The summed E-state index contributed by atoms with van der Waals surface area (Å²) in [5, 5.41) is 37.4. The van der Waals surface area contributed by atoms with E-state index in [1.165, 1.54) is 0 Å². The van der Waals surface area contributed by atoms with E-state index < -0.39 is 37.3 Å². The average molecular weight is 207 g/mol. The Morgan fingerprint density at radius 3 is 2.14 bits per heavy atom. The minimum atomic E-state index is -1.21. The summed E-state index contributed by atoms with van der Waals surface area (Å²) in [6, 6.07) is -0.687. The van der Waals surface area contributed by atoms with Crippen molar-refractivity contribution >= 4 is 0 Å². The molecule has 0 aromatic rings. The number of ether oxygens (including phenoxy) is 1. The predicted octanol–water partition coefficient (Wildman–Crippen LogP) is -2.65. The van der Waals surface area contributed by atoms with Crippen LogP contribution in [0.3, 0.4) is 0 Å². The fraction of sp³-hybridized carbons (Fsp3) is 1.00. The number of aliphatic hydroxyl groups excluding tert-OH is 4. The number of nitrogens with zero attached hydrogens (tertiary/aromatic N) is 1. The topological polar surface area (TPSA) is 93.4 Å². The lowest BCUT2D eigenvalue weighted by Crippen LogP contribution is -2.62. The van der Waals surface area contributed by atoms with Gasteiger partial charge in [-0.05, 0) is 14.1 Å². The van der Waals surface area contributed by atoms with Crippen molar-refractivity contribution in [2.75, 3.05) is 20.7 Å². The third-order valence-corrected chi connectivity index (χ3v) is 2.46. The van der Waals surface area contributed by atoms with Gasteiger partial charge in [0.25, 0.3) is 0 Å². The number of hydrogen-bond acceptors (Lipinski definition) is 6. The van der Waals surface area contributed by atoms with E-state index in [9.17, 15) is 15.3 Å². The predicted molar refractivity (Wildman–Crippen MR) is 47.5 cm³/mol. The minimum Gasteiger partial charge on any atom is -0.394 e. The Morgan fingerprint density at radius 2 is 1.71 bits per heavy atom. The van der Waals surface area contributed by atoms with Crippen molar-refractivity contribution in [2.24, 2.45) is 0 Å². The number of hydrogen-bond donors (Lipinski definition) is 4. The molecule has 1 aliphatic rings. The van der Waals surface area contributed by atoms with E-state index in [1.807, 2.05) is 0 Å². The third-order valence-electron chi connectivity index (χ3n) is 2.46. The normalized spacial score (nSPS) is 44.4. The molecule has 4 N–H and O–H groups in total. The molecule has 84 valence electrons. The van der Waals surface area contributed by atoms with Crippen LogP contribution in [0.5, 0.6) is 0 Å². The van der Waals surface area contributed by atoms with Crippen molar-refractivity contribution in [1.29, 1.82) is 0 Å². The summed E-state index contributed by atoms with van der Waals surface area (Å²) in [5.74, 6) is 0. The Balaban J connectivity index is 2.74. The first-order valence-corrected chi connectivity index (χ1v) is 4.46. The van der Waals surface area contributed by atoms with Gasteiger partial charge in [-0.3, -0.25) is 4.90 Å². The van der Waals surface area contributed by atoms with Gasteiger partial charge in [0.15, 0.2) is 6.29 Å². The molecule has 5 atom stereocenters. The molecular weight excluding hydrogens is 190 g/mol. The molecule has 0 unspecified atom stereocenters. The molecule has 6 heteroatoms. The van der Waals surface area contributed by atoms with Gasteiger partial charge in [0, 0.05) is 0 Å². The van der Waals surface area contributed by atoms with Crippen molar-refractivity contribution in [2.45, 2.75) is 30.6 Å². The van der Waals surface area contributed by atoms with Crippen LogP contribution in [0.1, 0.15) is 0 Å². The van der Waals surface area contributed by atoms with Gasteiger partial charge in [-0.2, -0.15) is 0 Å². The molecule has 1 heterocycles. The average Bonchev–Trinajstić information content (AvgIpc) is 2.10. The summed E-state index contributed by atoms with van der Waals surface area (Å²) in [7, 11) is 3.32. The van der Waals surface area contributed by atoms with Gasteiger partial charge < -0.3 is 25.2 Å². The zero-order valence-electron chi connectivity index (χ0n) is 8.24. The lowest BCUT2D eigenvalue weighted by atomic mass is 9.96. The van der Waals surface area contributed by atoms with Crippen molar-refractivity contribution in [3.63, 3.8) is 0 Å². The summed E-state index contributed by atoms with van der Waals surface area (Å²) < 4.78 is 4.95. The molecule has 0 amide bonds. The molecule has 0 aromatic heterocycles. The summed E-state index contributed by atoms with van der Waals surface area (Å²) in [6.45, 7) is -0.435. The lowest BCUT2D eigenvalue weighted by molar-refractivity contribution is -0.268. The molecule has 0 saturated carbocycles. The monoisotopic (exact) mass is 207 g/mol. The van der Waals surface area contributed by atoms with Crippen LogP contribution in [0.15, 0.2) is 0 Å². The van der Waals surface area contributed by atoms with Gasteiger partial charge in [0.05, 0.1) is 12.6 Å². The SMILES string of the molecule is CN(C)[C@@H]1[C@@H](O)[C@H](O)[C@@H](CO)O[C@@H]1O. The Labute approximate surface area is 82.3 Å². The molecule has 1 saturated heterocycles. The van der Waals surface area contributed by atoms with Crippen LogP contribution in [-0.2, 0) is 4.74 Å². The zero-order valence-corrected chi connectivity index (χ0v) is 8.24. The van der Waals surface area contributed by atoms with Gasteiger partial charge in [-0.25, -0.2) is 0 Å². The van der Waals surface area contributed by atoms with Gasteiger partial charge in [-0.15, -0.1) is 0 Å². The number of rotatable bonds is 2. The van der Waals surface area contributed by atoms with Gasteiger partial charge >= 0.3 is 0 Å². The van der Waals surface area contributed by atoms with Crippen LogP contribution >= 0.6 is 0 Å². The van der Waals surface area contributed by atoms with Crippen LogP contribution in [0, 0.1) is 0 Å². The summed E-state index contributed by atoms with van der Waals surface area (Å²) in [4.78, 5) is 1.56. The quantitative estimate of drug-likeness (QED) is 0.395. The molecule has 1 rings (SSSR count). The van der Waals surface area contributed by atoms with Gasteiger partial charge in [0.2, 0.25) is 0 Å². The van der Waals surface area contributed by atoms with Gasteiger partial charge in [0.1, 0.15) is 18.3 Å². The smallest absolute Gasteiger partial charge is 0.173 e. The number of aliphatic hydroxyl groups is 4. The second kappa shape index (κ2) is 4.52. The molecule has 6 nitrogen and oxygen atoms in total. The Bertz CT molecular complexity index is 189. The van der Waals surface area contributed by atoms with Crippen molar-refractivity contribution in [3.8, 4) is 0 Å². The largest absolute Gasteiger partial charge is 0.394 e. The maximum Gasteiger partial charge on any atom is 0.173 e. The molecule has 0 aliphatic carbocycles. The number of likely N-dealkylation sites (N-methyl/N-ethyl adjacent to an activating group) is 1. The van der Waals surface area contributed by atoms with E-state index in [1.54, 1.807) is 19.0 Å². The molecule has 1 aliphatic heterocycles. The van der Waals surface area contributed by atoms with E-state index in [0.29, 0.717) is 0 Å². The Hall–Kier alpha value is -0.240. The fourth-order valence-electron chi connectivity index (χ4n) is 1.64. The van der Waals surface area contributed by atoms with Crippen molar-refractivity contribution in [1.82, 2.24) is 4.90 Å². The Morgan fingerprint density at radius 1 is 1.14 bits per heavy atom. The second-order valence-corrected chi connectivity index (χ2v) is 3.68. The van der Waals surface area contributed by atoms with E-state index in [-0.39, 0.29) is 0 Å². The maximum atomic E-state index is 9.64. The standard InChI is InChI=1S/C8H17NO5/c1-9(2)5-7(12)6(11)4(3-10)14-8(5)13/h4-8,10-13H,3H2,1-2H3/t4-,5-,6-,7-,8+/m1/s1. The summed E-state index contributed by atoms with van der Waals surface area (Å²) >= 11 is 0. The zero-order chi connectivity index (χ0) is 10.9. The van der Waals surface area contributed by atoms with Gasteiger partial charge in [-0.1, -0.05) is 0 Å². The van der Waals surface area contributed by atoms with Crippen LogP contribution in [0.25, 0.3) is 0 Å². The fourth-order valence-corrected chi connectivity index (χ4v) is 1.64. The Kier molecular flexibility index (Phi) is 3.82. The first-order valence-electron chi connectivity index (χ1n) is 4.46. The van der Waals surface area contributed by atoms with Crippen molar-refractivity contribution < 1.29 is 25.2 Å². The highest BCUT2D eigenvalue weighted by molar-refractivity contribution is 4.92. The molecule has 1 fully saturated rings. The van der Waals surface area contributed by atoms with E-state index in [0.717, 1.165) is 0 Å². The van der Waals surface area contributed by atoms with Crippen LogP contribution in [0.2, 0.25) is 0 Å². The van der Waals surface area contributed by atoms with Crippen LogP contribution in [-0.4, -0.2) is 76.7 Å². The maximum absolute atomic E-state index is 9.64. The summed E-state index contributed by atoms with van der Waals surface area (Å²) in [6.07, 6.45) is -4.46. The highest BCUT2D eigenvalue weighted by Gasteiger charge is 2.44. The van der Waals surface area contributed by atoms with E-state index in [4.69, 9.17) is 9.84 Å². The molecule has 0 bridgehead atoms. The highest BCUT2D eigenvalue weighted by atomic mass is 16.6. The summed E-state index contributed by atoms with van der Waals surface area (Å²) in [5.41, 5.74) is 0. The first kappa shape index (κ1) is 11.8.